The van der Waals surface area contributed by atoms with Gasteiger partial charge in [-0.2, -0.15) is 0 Å². The van der Waals surface area contributed by atoms with Crippen molar-refractivity contribution < 1.29 is 19.5 Å². The van der Waals surface area contributed by atoms with Crippen LogP contribution in [0.5, 0.6) is 0 Å². The summed E-state index contributed by atoms with van der Waals surface area (Å²) in [6.45, 7) is 0. The number of para-hydroxylation sites is 3. The first-order valence-corrected chi connectivity index (χ1v) is 6.49. The van der Waals surface area contributed by atoms with Crippen molar-refractivity contribution in [2.45, 2.75) is 0 Å². The number of hydrogen-bond acceptors (Lipinski definition) is 3. The molecule has 0 unspecified atom stereocenters. The Bertz CT molecular complexity index is 907. The molecule has 4 rings (SSSR count). The van der Waals surface area contributed by atoms with E-state index in [0.29, 0.717) is 0 Å². The van der Waals surface area contributed by atoms with Gasteiger partial charge in [-0.1, -0.05) is 30.3 Å². The zero-order chi connectivity index (χ0) is 13.4. The molecule has 4 heteroatoms. The molecule has 0 spiro atoms. The SMILES string of the molecule is [Ru].c1ccc(-c2cccc3nc4ccccc4nc23)nc1. The molecule has 0 bridgehead atoms. The second-order valence-electron chi connectivity index (χ2n) is 4.60. The first-order valence-electron chi connectivity index (χ1n) is 6.49. The summed E-state index contributed by atoms with van der Waals surface area (Å²) in [6.07, 6.45) is 1.79. The molecule has 0 amide bonds. The number of pyridine rings is 1. The number of aromatic nitrogens is 3. The number of benzene rings is 2. The van der Waals surface area contributed by atoms with Gasteiger partial charge in [0, 0.05) is 31.2 Å². The molecule has 0 saturated heterocycles. The molecular weight excluding hydrogens is 347 g/mol. The standard InChI is InChI=1S/C17H11N3.Ru/c1-2-9-15-14(8-1)19-16-10-5-6-12(17(16)20-15)13-7-3-4-11-18-13;/h1-11H;. The van der Waals surface area contributed by atoms with E-state index >= 15 is 0 Å². The Labute approximate surface area is 134 Å². The van der Waals surface area contributed by atoms with Crippen molar-refractivity contribution in [2.75, 3.05) is 0 Å². The van der Waals surface area contributed by atoms with Gasteiger partial charge in [0.25, 0.3) is 0 Å². The van der Waals surface area contributed by atoms with Crippen molar-refractivity contribution in [1.82, 2.24) is 15.0 Å². The largest absolute Gasteiger partial charge is 0.256 e. The third-order valence-corrected chi connectivity index (χ3v) is 3.31. The van der Waals surface area contributed by atoms with Crippen LogP contribution in [0.1, 0.15) is 0 Å². The monoisotopic (exact) mass is 359 g/mol. The average Bonchev–Trinajstić information content (AvgIpc) is 2.53. The van der Waals surface area contributed by atoms with Gasteiger partial charge < -0.3 is 0 Å². The molecule has 0 radical (unpaired) electrons. The minimum atomic E-state index is 0. The molecule has 0 saturated carbocycles. The molecule has 2 aromatic carbocycles. The van der Waals surface area contributed by atoms with Gasteiger partial charge in [0.05, 0.1) is 27.8 Å². The minimum Gasteiger partial charge on any atom is -0.256 e. The third-order valence-electron chi connectivity index (χ3n) is 3.31. The van der Waals surface area contributed by atoms with Crippen LogP contribution in [0, 0.1) is 0 Å². The van der Waals surface area contributed by atoms with Crippen LogP contribution in [0.15, 0.2) is 66.9 Å². The second-order valence-corrected chi connectivity index (χ2v) is 4.60. The van der Waals surface area contributed by atoms with Crippen LogP contribution in [-0.2, 0) is 19.5 Å². The Hall–Kier alpha value is -2.19. The summed E-state index contributed by atoms with van der Waals surface area (Å²) in [6, 6.07) is 19.8. The zero-order valence-electron chi connectivity index (χ0n) is 11.0. The summed E-state index contributed by atoms with van der Waals surface area (Å²) >= 11 is 0. The molecule has 102 valence electrons. The Morgan fingerprint density at radius 3 is 2.10 bits per heavy atom. The normalized spacial score (nSPS) is 10.5. The Morgan fingerprint density at radius 2 is 1.33 bits per heavy atom. The molecule has 0 aliphatic carbocycles. The van der Waals surface area contributed by atoms with E-state index < -0.39 is 0 Å². The van der Waals surface area contributed by atoms with Crippen LogP contribution < -0.4 is 0 Å². The number of fused-ring (bicyclic) bond motifs is 2. The number of rotatable bonds is 1. The maximum Gasteiger partial charge on any atom is 0.0988 e. The van der Waals surface area contributed by atoms with Gasteiger partial charge in [-0.3, -0.25) is 4.98 Å². The van der Waals surface area contributed by atoms with Crippen molar-refractivity contribution in [1.29, 1.82) is 0 Å². The van der Waals surface area contributed by atoms with Gasteiger partial charge in [-0.15, -0.1) is 0 Å². The molecule has 4 aromatic rings. The third kappa shape index (κ3) is 2.43. The van der Waals surface area contributed by atoms with Crippen LogP contribution in [0.2, 0.25) is 0 Å². The van der Waals surface area contributed by atoms with Gasteiger partial charge >= 0.3 is 0 Å². The van der Waals surface area contributed by atoms with Gasteiger partial charge in [0.15, 0.2) is 0 Å². The van der Waals surface area contributed by atoms with Crippen LogP contribution >= 0.6 is 0 Å². The van der Waals surface area contributed by atoms with E-state index in [0.717, 1.165) is 33.3 Å². The van der Waals surface area contributed by atoms with Crippen molar-refractivity contribution >= 4 is 22.1 Å². The predicted molar refractivity (Wildman–Crippen MR) is 80.3 cm³/mol. The molecule has 0 atom stereocenters. The van der Waals surface area contributed by atoms with E-state index in [1.165, 1.54) is 0 Å². The van der Waals surface area contributed by atoms with Gasteiger partial charge in [0.2, 0.25) is 0 Å². The van der Waals surface area contributed by atoms with Crippen LogP contribution in [0.25, 0.3) is 33.3 Å². The summed E-state index contributed by atoms with van der Waals surface area (Å²) in [7, 11) is 0. The van der Waals surface area contributed by atoms with Gasteiger partial charge in [-0.05, 0) is 30.3 Å². The summed E-state index contributed by atoms with van der Waals surface area (Å²) in [5.74, 6) is 0. The molecule has 0 aliphatic heterocycles. The van der Waals surface area contributed by atoms with Crippen LogP contribution in [0.3, 0.4) is 0 Å². The van der Waals surface area contributed by atoms with Gasteiger partial charge in [-0.25, -0.2) is 9.97 Å². The van der Waals surface area contributed by atoms with Crippen LogP contribution in [0.4, 0.5) is 0 Å². The maximum absolute atomic E-state index is 4.75. The topological polar surface area (TPSA) is 38.7 Å². The number of nitrogens with zero attached hydrogens (tertiary/aromatic N) is 3. The summed E-state index contributed by atoms with van der Waals surface area (Å²) in [5, 5.41) is 0. The zero-order valence-corrected chi connectivity index (χ0v) is 12.8. The van der Waals surface area contributed by atoms with E-state index in [1.54, 1.807) is 6.20 Å². The van der Waals surface area contributed by atoms with Crippen molar-refractivity contribution in [2.24, 2.45) is 0 Å². The summed E-state index contributed by atoms with van der Waals surface area (Å²) in [5.41, 5.74) is 5.54. The van der Waals surface area contributed by atoms with Crippen molar-refractivity contribution in [3.63, 3.8) is 0 Å². The quantitative estimate of drug-likeness (QED) is 0.383. The van der Waals surface area contributed by atoms with Crippen LogP contribution in [-0.4, -0.2) is 15.0 Å². The Morgan fingerprint density at radius 1 is 0.619 bits per heavy atom. The molecule has 0 fully saturated rings. The fourth-order valence-electron chi connectivity index (χ4n) is 2.37. The smallest absolute Gasteiger partial charge is 0.0988 e. The first kappa shape index (κ1) is 13.8. The predicted octanol–water partition coefficient (Wildman–Crippen LogP) is 3.84. The molecule has 2 aromatic heterocycles. The number of hydrogen-bond donors (Lipinski definition) is 0. The summed E-state index contributed by atoms with van der Waals surface area (Å²) < 4.78 is 0. The molecule has 2 heterocycles. The van der Waals surface area contributed by atoms with Gasteiger partial charge in [0.1, 0.15) is 0 Å². The van der Waals surface area contributed by atoms with E-state index in [1.807, 2.05) is 60.7 Å². The molecule has 3 nitrogen and oxygen atoms in total. The first-order chi connectivity index (χ1) is 9.92. The second kappa shape index (κ2) is 5.67. The fraction of sp³-hybridized carbons (Fsp3) is 0. The van der Waals surface area contributed by atoms with Crippen molar-refractivity contribution in [3.05, 3.63) is 66.9 Å². The summed E-state index contributed by atoms with van der Waals surface area (Å²) in [4.78, 5) is 13.8. The molecule has 0 N–H and O–H groups in total. The van der Waals surface area contributed by atoms with E-state index in [-0.39, 0.29) is 19.5 Å². The Balaban J connectivity index is 0.00000132. The van der Waals surface area contributed by atoms with Crippen molar-refractivity contribution in [3.8, 4) is 11.3 Å². The molecule has 0 aliphatic rings. The average molecular weight is 358 g/mol. The Kier molecular flexibility index (Phi) is 3.72. The minimum absolute atomic E-state index is 0. The molecular formula is C17H11N3Ru. The molecule has 21 heavy (non-hydrogen) atoms. The van der Waals surface area contributed by atoms with E-state index in [2.05, 4.69) is 9.97 Å². The maximum atomic E-state index is 4.75. The van der Waals surface area contributed by atoms with E-state index in [9.17, 15) is 0 Å². The fourth-order valence-corrected chi connectivity index (χ4v) is 2.37. The van der Waals surface area contributed by atoms with E-state index in [4.69, 9.17) is 4.98 Å².